The summed E-state index contributed by atoms with van der Waals surface area (Å²) in [6.45, 7) is 8.59. The monoisotopic (exact) mass is 354 g/mol. The van der Waals surface area contributed by atoms with E-state index in [-0.39, 0.29) is 0 Å². The van der Waals surface area contributed by atoms with Gasteiger partial charge >= 0.3 is 0 Å². The fourth-order valence-corrected chi connectivity index (χ4v) is 4.23. The molecule has 0 saturated carbocycles. The minimum absolute atomic E-state index is 0.682. The molecule has 0 unspecified atom stereocenters. The van der Waals surface area contributed by atoms with E-state index in [2.05, 4.69) is 32.7 Å². The number of ether oxygens (including phenoxy) is 1. The molecule has 0 atom stereocenters. The van der Waals surface area contributed by atoms with Crippen molar-refractivity contribution in [3.05, 3.63) is 35.5 Å². The van der Waals surface area contributed by atoms with E-state index in [0.717, 1.165) is 48.4 Å². The van der Waals surface area contributed by atoms with Gasteiger partial charge in [-0.25, -0.2) is 9.97 Å². The average Bonchev–Trinajstić information content (AvgIpc) is 3.06. The highest BCUT2D eigenvalue weighted by Gasteiger charge is 2.20. The van der Waals surface area contributed by atoms with E-state index in [9.17, 15) is 0 Å². The Morgan fingerprint density at radius 1 is 1.16 bits per heavy atom. The van der Waals surface area contributed by atoms with Crippen molar-refractivity contribution in [2.24, 2.45) is 0 Å². The summed E-state index contributed by atoms with van der Waals surface area (Å²) in [4.78, 5) is 12.9. The Morgan fingerprint density at radius 2 is 1.92 bits per heavy atom. The van der Waals surface area contributed by atoms with Crippen molar-refractivity contribution >= 4 is 27.4 Å². The molecule has 1 aliphatic heterocycles. The third kappa shape index (κ3) is 3.19. The second-order valence-corrected chi connectivity index (χ2v) is 6.98. The summed E-state index contributed by atoms with van der Waals surface area (Å²) in [6, 6.07) is 8.30. The van der Waals surface area contributed by atoms with Crippen molar-refractivity contribution in [1.29, 1.82) is 0 Å². The van der Waals surface area contributed by atoms with Gasteiger partial charge in [0.1, 0.15) is 22.2 Å². The maximum Gasteiger partial charge on any atom is 0.141 e. The topological polar surface area (TPSA) is 50.3 Å². The number of benzene rings is 1. The molecular formula is C19H22N4OS. The summed E-state index contributed by atoms with van der Waals surface area (Å²) in [5.41, 5.74) is 2.38. The van der Waals surface area contributed by atoms with Gasteiger partial charge in [-0.1, -0.05) is 12.1 Å². The van der Waals surface area contributed by atoms with Crippen molar-refractivity contribution in [2.45, 2.75) is 13.8 Å². The zero-order valence-electron chi connectivity index (χ0n) is 14.6. The maximum atomic E-state index is 5.56. The summed E-state index contributed by atoms with van der Waals surface area (Å²) in [6.07, 6.45) is 0. The van der Waals surface area contributed by atoms with Crippen LogP contribution in [0.3, 0.4) is 0 Å². The number of hydrogen-bond donors (Lipinski definition) is 1. The molecule has 4 rings (SSSR count). The van der Waals surface area contributed by atoms with Crippen molar-refractivity contribution in [3.63, 3.8) is 0 Å². The summed E-state index contributed by atoms with van der Waals surface area (Å²) in [7, 11) is 0. The molecule has 0 aliphatic carbocycles. The molecule has 25 heavy (non-hydrogen) atoms. The highest BCUT2D eigenvalue weighted by atomic mass is 32.1. The second kappa shape index (κ2) is 6.98. The van der Waals surface area contributed by atoms with Crippen LogP contribution in [0, 0.1) is 6.92 Å². The Labute approximate surface area is 151 Å². The van der Waals surface area contributed by atoms with Gasteiger partial charge in [-0.05, 0) is 31.5 Å². The lowest BCUT2D eigenvalue weighted by atomic mass is 10.1. The number of rotatable bonds is 4. The number of thiophene rings is 1. The molecule has 130 valence electrons. The third-order valence-electron chi connectivity index (χ3n) is 4.42. The molecule has 1 aromatic carbocycles. The quantitative estimate of drug-likeness (QED) is 0.777. The van der Waals surface area contributed by atoms with Crippen LogP contribution in [0.4, 0.5) is 5.82 Å². The van der Waals surface area contributed by atoms with Gasteiger partial charge in [0.15, 0.2) is 0 Å². The van der Waals surface area contributed by atoms with Gasteiger partial charge in [0.05, 0.1) is 12.0 Å². The Bertz CT molecular complexity index is 869. The molecule has 1 saturated heterocycles. The van der Waals surface area contributed by atoms with Gasteiger partial charge in [-0.3, -0.25) is 0 Å². The fraction of sp³-hybridized carbons (Fsp3) is 0.368. The Balaban J connectivity index is 1.81. The molecule has 2 aromatic heterocycles. The van der Waals surface area contributed by atoms with Gasteiger partial charge in [0.25, 0.3) is 0 Å². The summed E-state index contributed by atoms with van der Waals surface area (Å²) in [5, 5.41) is 6.77. The van der Waals surface area contributed by atoms with Crippen molar-refractivity contribution in [2.75, 3.05) is 37.7 Å². The standard InChI is InChI=1S/C19H22N4OS/c1-3-24-15-6-4-14(5-7-15)16-12-25-19-17(16)18(21-13(2)22-19)23-10-8-20-9-11-23/h4-7,12,20H,3,8-11H2,1-2H3. The Hall–Kier alpha value is -2.18. The molecule has 0 bridgehead atoms. The second-order valence-electron chi connectivity index (χ2n) is 6.12. The highest BCUT2D eigenvalue weighted by Crippen LogP contribution is 2.38. The lowest BCUT2D eigenvalue weighted by Crippen LogP contribution is -2.44. The first-order valence-corrected chi connectivity index (χ1v) is 9.59. The van der Waals surface area contributed by atoms with Crippen molar-refractivity contribution in [1.82, 2.24) is 15.3 Å². The maximum absolute atomic E-state index is 5.56. The molecule has 3 aromatic rings. The molecule has 5 nitrogen and oxygen atoms in total. The number of aromatic nitrogens is 2. The molecule has 1 N–H and O–H groups in total. The molecule has 1 fully saturated rings. The third-order valence-corrected chi connectivity index (χ3v) is 5.29. The molecule has 3 heterocycles. The van der Waals surface area contributed by atoms with E-state index in [0.29, 0.717) is 6.61 Å². The van der Waals surface area contributed by atoms with Crippen molar-refractivity contribution in [3.8, 4) is 16.9 Å². The predicted molar refractivity (Wildman–Crippen MR) is 104 cm³/mol. The first kappa shape index (κ1) is 16.3. The normalized spacial score (nSPS) is 14.9. The van der Waals surface area contributed by atoms with Crippen LogP contribution in [-0.4, -0.2) is 42.8 Å². The van der Waals surface area contributed by atoms with E-state index < -0.39 is 0 Å². The van der Waals surface area contributed by atoms with E-state index in [1.54, 1.807) is 11.3 Å². The van der Waals surface area contributed by atoms with E-state index in [4.69, 9.17) is 9.72 Å². The minimum Gasteiger partial charge on any atom is -0.494 e. The number of piperazine rings is 1. The van der Waals surface area contributed by atoms with Gasteiger partial charge in [-0.15, -0.1) is 11.3 Å². The van der Waals surface area contributed by atoms with E-state index >= 15 is 0 Å². The van der Waals surface area contributed by atoms with Crippen molar-refractivity contribution < 1.29 is 4.74 Å². The zero-order chi connectivity index (χ0) is 17.2. The van der Waals surface area contributed by atoms with Crippen LogP contribution in [-0.2, 0) is 0 Å². The summed E-state index contributed by atoms with van der Waals surface area (Å²) < 4.78 is 5.56. The molecule has 1 aliphatic rings. The molecule has 0 radical (unpaired) electrons. The number of fused-ring (bicyclic) bond motifs is 1. The van der Waals surface area contributed by atoms with Crippen LogP contribution in [0.2, 0.25) is 0 Å². The zero-order valence-corrected chi connectivity index (χ0v) is 15.4. The molecule has 0 spiro atoms. The minimum atomic E-state index is 0.682. The Kier molecular flexibility index (Phi) is 4.55. The summed E-state index contributed by atoms with van der Waals surface area (Å²) >= 11 is 1.69. The van der Waals surface area contributed by atoms with Gasteiger partial charge < -0.3 is 15.0 Å². The highest BCUT2D eigenvalue weighted by molar-refractivity contribution is 7.17. The van der Waals surface area contributed by atoms with Crippen LogP contribution in [0.5, 0.6) is 5.75 Å². The van der Waals surface area contributed by atoms with Crippen LogP contribution < -0.4 is 15.0 Å². The predicted octanol–water partition coefficient (Wildman–Crippen LogP) is 3.48. The van der Waals surface area contributed by atoms with Crippen LogP contribution in [0.1, 0.15) is 12.7 Å². The molecule has 0 amide bonds. The summed E-state index contributed by atoms with van der Waals surface area (Å²) in [5.74, 6) is 2.80. The number of nitrogens with one attached hydrogen (secondary N) is 1. The average molecular weight is 354 g/mol. The van der Waals surface area contributed by atoms with Gasteiger partial charge in [0, 0.05) is 37.1 Å². The number of aryl methyl sites for hydroxylation is 1. The van der Waals surface area contributed by atoms with E-state index in [1.165, 1.54) is 16.5 Å². The number of anilines is 1. The first-order valence-electron chi connectivity index (χ1n) is 8.71. The van der Waals surface area contributed by atoms with E-state index in [1.807, 2.05) is 26.0 Å². The lowest BCUT2D eigenvalue weighted by molar-refractivity contribution is 0.340. The molecule has 6 heteroatoms. The smallest absolute Gasteiger partial charge is 0.141 e. The fourth-order valence-electron chi connectivity index (χ4n) is 3.24. The Morgan fingerprint density at radius 3 is 2.64 bits per heavy atom. The molecular weight excluding hydrogens is 332 g/mol. The number of hydrogen-bond acceptors (Lipinski definition) is 6. The SMILES string of the molecule is CCOc1ccc(-c2csc3nc(C)nc(N4CCNCC4)c23)cc1. The van der Waals surface area contributed by atoms with Gasteiger partial charge in [0.2, 0.25) is 0 Å². The van der Waals surface area contributed by atoms with Crippen LogP contribution >= 0.6 is 11.3 Å². The number of nitrogens with zero attached hydrogens (tertiary/aromatic N) is 3. The first-order chi connectivity index (χ1) is 12.3. The lowest BCUT2D eigenvalue weighted by Gasteiger charge is -2.29. The van der Waals surface area contributed by atoms with Crippen LogP contribution in [0.15, 0.2) is 29.6 Å². The van der Waals surface area contributed by atoms with Gasteiger partial charge in [-0.2, -0.15) is 0 Å². The van der Waals surface area contributed by atoms with Crippen LogP contribution in [0.25, 0.3) is 21.3 Å². The largest absolute Gasteiger partial charge is 0.494 e.